The molecule has 0 spiro atoms. The topological polar surface area (TPSA) is 46.9 Å². The Labute approximate surface area is 163 Å². The molecule has 0 bridgehead atoms. The van der Waals surface area contributed by atoms with Crippen molar-refractivity contribution in [3.8, 4) is 5.69 Å². The smallest absolute Gasteiger partial charge is 0.265 e. The average molecular weight is 426 g/mol. The second kappa shape index (κ2) is 6.70. The number of hydrogen-bond acceptors (Lipinski definition) is 3. The predicted molar refractivity (Wildman–Crippen MR) is 111 cm³/mol. The van der Waals surface area contributed by atoms with Crippen LogP contribution in [0.5, 0.6) is 0 Å². The Kier molecular flexibility index (Phi) is 4.38. The summed E-state index contributed by atoms with van der Waals surface area (Å²) in [4.78, 5) is 14.3. The molecule has 0 aliphatic carbocycles. The minimum absolute atomic E-state index is 0.117. The second-order valence-corrected chi connectivity index (χ2v) is 7.98. The molecule has 1 N–H and O–H groups in total. The Balaban J connectivity index is 1.73. The van der Waals surface area contributed by atoms with Gasteiger partial charge in [0.2, 0.25) is 0 Å². The van der Waals surface area contributed by atoms with Crippen molar-refractivity contribution < 1.29 is 4.79 Å². The van der Waals surface area contributed by atoms with Gasteiger partial charge in [-0.05, 0) is 65.7 Å². The van der Waals surface area contributed by atoms with E-state index in [1.54, 1.807) is 0 Å². The summed E-state index contributed by atoms with van der Waals surface area (Å²) < 4.78 is 2.77. The summed E-state index contributed by atoms with van der Waals surface area (Å²) in [7, 11) is 0. The molecule has 4 aromatic rings. The van der Waals surface area contributed by atoms with Crippen LogP contribution in [0.3, 0.4) is 0 Å². The van der Waals surface area contributed by atoms with Crippen LogP contribution in [0.25, 0.3) is 15.9 Å². The van der Waals surface area contributed by atoms with Crippen molar-refractivity contribution in [3.05, 3.63) is 75.2 Å². The number of carbonyl (C=O) groups excluding carboxylic acids is 1. The molecule has 0 saturated carbocycles. The van der Waals surface area contributed by atoms with Crippen molar-refractivity contribution in [3.63, 3.8) is 0 Å². The highest BCUT2D eigenvalue weighted by molar-refractivity contribution is 9.10. The van der Waals surface area contributed by atoms with Gasteiger partial charge in [-0.15, -0.1) is 11.3 Å². The number of anilines is 1. The summed E-state index contributed by atoms with van der Waals surface area (Å²) in [6, 6.07) is 17.7. The van der Waals surface area contributed by atoms with E-state index in [-0.39, 0.29) is 5.91 Å². The Hall–Kier alpha value is -2.44. The zero-order valence-electron chi connectivity index (χ0n) is 14.3. The number of hydrogen-bond donors (Lipinski definition) is 1. The zero-order valence-corrected chi connectivity index (χ0v) is 16.7. The summed E-state index contributed by atoms with van der Waals surface area (Å²) in [5, 5.41) is 8.62. The van der Waals surface area contributed by atoms with Gasteiger partial charge in [-0.25, -0.2) is 4.68 Å². The molecule has 2 aromatic carbocycles. The van der Waals surface area contributed by atoms with Gasteiger partial charge in [0.1, 0.15) is 4.83 Å². The maximum atomic E-state index is 12.7. The second-order valence-electron chi connectivity index (χ2n) is 6.10. The largest absolute Gasteiger partial charge is 0.320 e. The van der Waals surface area contributed by atoms with Gasteiger partial charge in [-0.1, -0.05) is 24.3 Å². The van der Waals surface area contributed by atoms with Crippen molar-refractivity contribution >= 4 is 49.1 Å². The average Bonchev–Trinajstić information content (AvgIpc) is 3.18. The summed E-state index contributed by atoms with van der Waals surface area (Å²) in [5.41, 5.74) is 3.85. The summed E-state index contributed by atoms with van der Waals surface area (Å²) in [6.07, 6.45) is 0. The lowest BCUT2D eigenvalue weighted by Gasteiger charge is -2.05. The van der Waals surface area contributed by atoms with Gasteiger partial charge in [0.05, 0.1) is 21.9 Å². The van der Waals surface area contributed by atoms with Crippen molar-refractivity contribution in [1.82, 2.24) is 9.78 Å². The van der Waals surface area contributed by atoms with Crippen LogP contribution < -0.4 is 5.32 Å². The number of nitrogens with one attached hydrogen (secondary N) is 1. The van der Waals surface area contributed by atoms with Crippen LogP contribution >= 0.6 is 27.3 Å². The fourth-order valence-corrected chi connectivity index (χ4v) is 4.30. The summed E-state index contributed by atoms with van der Waals surface area (Å²) >= 11 is 4.91. The van der Waals surface area contributed by atoms with Gasteiger partial charge in [0.25, 0.3) is 5.91 Å². The first-order valence-electron chi connectivity index (χ1n) is 8.15. The maximum Gasteiger partial charge on any atom is 0.265 e. The number of rotatable bonds is 3. The molecule has 2 aromatic heterocycles. The SMILES string of the molecule is Cc1cccc(-n2nc(C)c3cc(C(=O)Nc4ccccc4Br)sc32)c1. The predicted octanol–water partition coefficient (Wildman–Crippen LogP) is 5.72. The first kappa shape index (κ1) is 17.0. The molecule has 130 valence electrons. The number of fused-ring (bicyclic) bond motifs is 1. The van der Waals surface area contributed by atoms with Crippen molar-refractivity contribution in [2.24, 2.45) is 0 Å². The van der Waals surface area contributed by atoms with Crippen molar-refractivity contribution in [1.29, 1.82) is 0 Å². The van der Waals surface area contributed by atoms with E-state index in [0.717, 1.165) is 31.8 Å². The van der Waals surface area contributed by atoms with E-state index in [2.05, 4.69) is 45.4 Å². The van der Waals surface area contributed by atoms with Gasteiger partial charge < -0.3 is 5.32 Å². The minimum Gasteiger partial charge on any atom is -0.320 e. The van der Waals surface area contributed by atoms with E-state index in [1.807, 2.05) is 54.1 Å². The summed E-state index contributed by atoms with van der Waals surface area (Å²) in [6.45, 7) is 4.03. The molecular weight excluding hydrogens is 410 g/mol. The highest BCUT2D eigenvalue weighted by atomic mass is 79.9. The van der Waals surface area contributed by atoms with Crippen LogP contribution in [0, 0.1) is 13.8 Å². The van der Waals surface area contributed by atoms with E-state index < -0.39 is 0 Å². The molecule has 0 atom stereocenters. The monoisotopic (exact) mass is 425 g/mol. The molecule has 6 heteroatoms. The highest BCUT2D eigenvalue weighted by Crippen LogP contribution is 2.31. The van der Waals surface area contributed by atoms with Gasteiger partial charge in [0, 0.05) is 9.86 Å². The molecular formula is C20H16BrN3OS. The minimum atomic E-state index is -0.117. The van der Waals surface area contributed by atoms with Crippen LogP contribution in [0.1, 0.15) is 20.9 Å². The molecule has 0 fully saturated rings. The van der Waals surface area contributed by atoms with Crippen LogP contribution in [-0.4, -0.2) is 15.7 Å². The normalized spacial score (nSPS) is 11.0. The molecule has 1 amide bonds. The Morgan fingerprint density at radius 3 is 2.69 bits per heavy atom. The van der Waals surface area contributed by atoms with Crippen LogP contribution in [0.4, 0.5) is 5.69 Å². The molecule has 0 saturated heterocycles. The molecule has 0 aliphatic heterocycles. The molecule has 0 unspecified atom stereocenters. The lowest BCUT2D eigenvalue weighted by molar-refractivity contribution is 0.103. The Morgan fingerprint density at radius 1 is 1.12 bits per heavy atom. The molecule has 0 aliphatic rings. The molecule has 0 radical (unpaired) electrons. The van der Waals surface area contributed by atoms with Crippen LogP contribution in [-0.2, 0) is 0 Å². The van der Waals surface area contributed by atoms with Crippen LogP contribution in [0.2, 0.25) is 0 Å². The van der Waals surface area contributed by atoms with Gasteiger partial charge >= 0.3 is 0 Å². The van der Waals surface area contributed by atoms with Crippen molar-refractivity contribution in [2.45, 2.75) is 13.8 Å². The maximum absolute atomic E-state index is 12.7. The Morgan fingerprint density at radius 2 is 1.92 bits per heavy atom. The van der Waals surface area contributed by atoms with E-state index in [9.17, 15) is 4.79 Å². The zero-order chi connectivity index (χ0) is 18.3. The number of amides is 1. The first-order valence-corrected chi connectivity index (χ1v) is 9.76. The van der Waals surface area contributed by atoms with E-state index >= 15 is 0 Å². The number of nitrogens with zero attached hydrogens (tertiary/aromatic N) is 2. The number of benzene rings is 2. The fourth-order valence-electron chi connectivity index (χ4n) is 2.84. The van der Waals surface area contributed by atoms with Gasteiger partial charge in [0.15, 0.2) is 0 Å². The highest BCUT2D eigenvalue weighted by Gasteiger charge is 2.17. The van der Waals surface area contributed by atoms with E-state index in [0.29, 0.717) is 4.88 Å². The third-order valence-electron chi connectivity index (χ3n) is 4.14. The number of aromatic nitrogens is 2. The molecule has 2 heterocycles. The lowest BCUT2D eigenvalue weighted by atomic mass is 10.2. The fraction of sp³-hybridized carbons (Fsp3) is 0.100. The lowest BCUT2D eigenvalue weighted by Crippen LogP contribution is -2.10. The number of aryl methyl sites for hydroxylation is 2. The standard InChI is InChI=1S/C20H16BrN3OS/c1-12-6-5-7-14(10-12)24-20-15(13(2)23-24)11-18(26-20)19(25)22-17-9-4-3-8-16(17)21/h3-11H,1-2H3,(H,22,25). The third-order valence-corrected chi connectivity index (χ3v) is 5.94. The summed E-state index contributed by atoms with van der Waals surface area (Å²) in [5.74, 6) is -0.117. The number of para-hydroxylation sites is 1. The van der Waals surface area contributed by atoms with E-state index in [1.165, 1.54) is 16.9 Å². The number of carbonyl (C=O) groups is 1. The Bertz CT molecular complexity index is 1130. The number of thiophene rings is 1. The molecule has 26 heavy (non-hydrogen) atoms. The van der Waals surface area contributed by atoms with Crippen LogP contribution in [0.15, 0.2) is 59.1 Å². The quantitative estimate of drug-likeness (QED) is 0.456. The third kappa shape index (κ3) is 3.06. The number of halogens is 1. The molecule has 4 rings (SSSR count). The van der Waals surface area contributed by atoms with E-state index in [4.69, 9.17) is 0 Å². The van der Waals surface area contributed by atoms with Crippen molar-refractivity contribution in [2.75, 3.05) is 5.32 Å². The van der Waals surface area contributed by atoms with Gasteiger partial charge in [-0.2, -0.15) is 5.10 Å². The first-order chi connectivity index (χ1) is 12.5. The van der Waals surface area contributed by atoms with Gasteiger partial charge in [-0.3, -0.25) is 4.79 Å². The molecule has 4 nitrogen and oxygen atoms in total.